The van der Waals surface area contributed by atoms with E-state index in [0.717, 1.165) is 0 Å². The Hall–Kier alpha value is -1.89. The molecular formula is C18H25NO5S. The molecule has 0 spiro atoms. The van der Waals surface area contributed by atoms with Gasteiger partial charge in [-0.15, -0.1) is 0 Å². The Morgan fingerprint density at radius 2 is 1.84 bits per heavy atom. The summed E-state index contributed by atoms with van der Waals surface area (Å²) in [5.74, 6) is -0.622. The monoisotopic (exact) mass is 367 g/mol. The number of sulfone groups is 1. The second-order valence-corrected chi connectivity index (χ2v) is 9.10. The molecule has 0 aromatic heterocycles. The predicted octanol–water partition coefficient (Wildman–Crippen LogP) is 2.51. The van der Waals surface area contributed by atoms with Gasteiger partial charge in [0.1, 0.15) is 0 Å². The van der Waals surface area contributed by atoms with Gasteiger partial charge in [0.25, 0.3) is 5.91 Å². The summed E-state index contributed by atoms with van der Waals surface area (Å²) in [5, 5.41) is 2.71. The molecule has 1 heterocycles. The highest BCUT2D eigenvalue weighted by Gasteiger charge is 2.30. The molecule has 0 bridgehead atoms. The first-order valence-electron chi connectivity index (χ1n) is 8.47. The van der Waals surface area contributed by atoms with Gasteiger partial charge in [-0.1, -0.05) is 26.0 Å². The zero-order chi connectivity index (χ0) is 18.6. The van der Waals surface area contributed by atoms with E-state index in [0.29, 0.717) is 18.0 Å². The van der Waals surface area contributed by atoms with Crippen LogP contribution in [0, 0.1) is 5.92 Å². The Bertz CT molecular complexity index is 724. The lowest BCUT2D eigenvalue weighted by Gasteiger charge is -2.15. The summed E-state index contributed by atoms with van der Waals surface area (Å²) in [6.07, 6.45) is -0.435. The second-order valence-electron chi connectivity index (χ2n) is 6.87. The number of carbonyl (C=O) groups excluding carboxylic acids is 2. The summed E-state index contributed by atoms with van der Waals surface area (Å²) < 4.78 is 27.9. The molecule has 1 aliphatic rings. The number of hydrogen-bond acceptors (Lipinski definition) is 5. The number of rotatable bonds is 6. The number of hydrogen-bond donors (Lipinski definition) is 1. The van der Waals surface area contributed by atoms with Crippen LogP contribution in [0.15, 0.2) is 24.3 Å². The van der Waals surface area contributed by atoms with Crippen LogP contribution in [0.4, 0.5) is 5.69 Å². The lowest BCUT2D eigenvalue weighted by molar-refractivity contribution is -0.153. The van der Waals surface area contributed by atoms with Gasteiger partial charge < -0.3 is 10.1 Å². The molecule has 0 saturated carbocycles. The molecule has 2 atom stereocenters. The van der Waals surface area contributed by atoms with E-state index in [1.807, 2.05) is 24.3 Å². The van der Waals surface area contributed by atoms with Gasteiger partial charge in [-0.25, -0.2) is 8.42 Å². The minimum absolute atomic E-state index is 0.0187. The van der Waals surface area contributed by atoms with Crippen LogP contribution >= 0.6 is 0 Å². The lowest BCUT2D eigenvalue weighted by Crippen LogP contribution is -2.30. The largest absolute Gasteiger partial charge is 0.453 e. The molecule has 0 unspecified atom stereocenters. The van der Waals surface area contributed by atoms with Crippen LogP contribution < -0.4 is 5.32 Å². The zero-order valence-electron chi connectivity index (χ0n) is 14.8. The van der Waals surface area contributed by atoms with Crippen molar-refractivity contribution >= 4 is 27.4 Å². The standard InChI is InChI=1S/C18H25NO5S/c1-12(2)15-4-6-16(7-5-15)19-18(21)13(3)24-17(20)10-14-8-9-25(22,23)11-14/h4-7,12-14H,8-11H2,1-3H3,(H,19,21)/t13-,14+/m0/s1. The summed E-state index contributed by atoms with van der Waals surface area (Å²) in [6.45, 7) is 5.68. The number of carbonyl (C=O) groups is 2. The smallest absolute Gasteiger partial charge is 0.306 e. The van der Waals surface area contributed by atoms with Gasteiger partial charge in [0.15, 0.2) is 15.9 Å². The topological polar surface area (TPSA) is 89.5 Å². The third-order valence-electron chi connectivity index (χ3n) is 4.30. The fourth-order valence-electron chi connectivity index (χ4n) is 2.76. The van der Waals surface area contributed by atoms with E-state index in [-0.39, 0.29) is 23.8 Å². The SMILES string of the molecule is CC(C)c1ccc(NC(=O)[C@H](C)OC(=O)C[C@H]2CCS(=O)(=O)C2)cc1. The van der Waals surface area contributed by atoms with Crippen LogP contribution in [0.3, 0.4) is 0 Å². The Balaban J connectivity index is 1.82. The van der Waals surface area contributed by atoms with Gasteiger partial charge in [0, 0.05) is 12.1 Å². The van der Waals surface area contributed by atoms with Crippen molar-refractivity contribution in [3.05, 3.63) is 29.8 Å². The Morgan fingerprint density at radius 1 is 1.20 bits per heavy atom. The van der Waals surface area contributed by atoms with E-state index < -0.39 is 27.8 Å². The zero-order valence-corrected chi connectivity index (χ0v) is 15.6. The fraction of sp³-hybridized carbons (Fsp3) is 0.556. The van der Waals surface area contributed by atoms with Crippen molar-refractivity contribution in [2.45, 2.75) is 45.6 Å². The van der Waals surface area contributed by atoms with Crippen molar-refractivity contribution < 1.29 is 22.7 Å². The van der Waals surface area contributed by atoms with E-state index in [2.05, 4.69) is 19.2 Å². The van der Waals surface area contributed by atoms with Gasteiger partial charge in [-0.05, 0) is 42.9 Å². The van der Waals surface area contributed by atoms with Crippen molar-refractivity contribution in [2.75, 3.05) is 16.8 Å². The van der Waals surface area contributed by atoms with Gasteiger partial charge in [-0.3, -0.25) is 9.59 Å². The lowest BCUT2D eigenvalue weighted by atomic mass is 10.0. The molecule has 1 N–H and O–H groups in total. The van der Waals surface area contributed by atoms with Gasteiger partial charge in [0.05, 0.1) is 11.5 Å². The number of benzene rings is 1. The molecule has 1 saturated heterocycles. The Morgan fingerprint density at radius 3 is 2.36 bits per heavy atom. The van der Waals surface area contributed by atoms with Crippen molar-refractivity contribution in [3.63, 3.8) is 0 Å². The number of amides is 1. The fourth-order valence-corrected chi connectivity index (χ4v) is 4.62. The van der Waals surface area contributed by atoms with Crippen molar-refractivity contribution in [1.82, 2.24) is 0 Å². The third-order valence-corrected chi connectivity index (χ3v) is 6.14. The van der Waals surface area contributed by atoms with Crippen LogP contribution in [0.25, 0.3) is 0 Å². The molecule has 0 radical (unpaired) electrons. The maximum Gasteiger partial charge on any atom is 0.306 e. The molecule has 0 aliphatic carbocycles. The number of ether oxygens (including phenoxy) is 1. The van der Waals surface area contributed by atoms with E-state index in [4.69, 9.17) is 4.74 Å². The van der Waals surface area contributed by atoms with Crippen LogP contribution in [-0.2, 0) is 24.2 Å². The molecule has 7 heteroatoms. The molecule has 1 amide bonds. The average Bonchev–Trinajstić information content (AvgIpc) is 2.86. The number of nitrogens with one attached hydrogen (secondary N) is 1. The normalized spacial score (nSPS) is 20.2. The van der Waals surface area contributed by atoms with Crippen LogP contribution in [0.2, 0.25) is 0 Å². The summed E-state index contributed by atoms with van der Waals surface area (Å²) >= 11 is 0. The van der Waals surface area contributed by atoms with Crippen molar-refractivity contribution in [1.29, 1.82) is 0 Å². The first kappa shape index (κ1) is 19.4. The van der Waals surface area contributed by atoms with E-state index in [1.54, 1.807) is 0 Å². The molecule has 25 heavy (non-hydrogen) atoms. The summed E-state index contributed by atoms with van der Waals surface area (Å²) in [6, 6.07) is 7.51. The molecule has 138 valence electrons. The van der Waals surface area contributed by atoms with E-state index in [1.165, 1.54) is 12.5 Å². The van der Waals surface area contributed by atoms with Crippen LogP contribution in [0.1, 0.15) is 45.1 Å². The highest BCUT2D eigenvalue weighted by Crippen LogP contribution is 2.22. The summed E-state index contributed by atoms with van der Waals surface area (Å²) in [4.78, 5) is 24.0. The minimum Gasteiger partial charge on any atom is -0.453 e. The van der Waals surface area contributed by atoms with Crippen LogP contribution in [-0.4, -0.2) is 37.9 Å². The van der Waals surface area contributed by atoms with Gasteiger partial charge in [-0.2, -0.15) is 0 Å². The summed E-state index contributed by atoms with van der Waals surface area (Å²) in [7, 11) is -3.02. The van der Waals surface area contributed by atoms with Gasteiger partial charge >= 0.3 is 5.97 Å². The van der Waals surface area contributed by atoms with E-state index >= 15 is 0 Å². The quantitative estimate of drug-likeness (QED) is 0.780. The van der Waals surface area contributed by atoms with Crippen molar-refractivity contribution in [3.8, 4) is 0 Å². The first-order chi connectivity index (χ1) is 11.7. The maximum absolute atomic E-state index is 12.1. The number of esters is 1. The number of anilines is 1. The van der Waals surface area contributed by atoms with Gasteiger partial charge in [0.2, 0.25) is 0 Å². The Labute approximate surface area is 148 Å². The predicted molar refractivity (Wildman–Crippen MR) is 96.1 cm³/mol. The molecule has 1 fully saturated rings. The average molecular weight is 367 g/mol. The Kier molecular flexibility index (Phi) is 6.21. The molecule has 1 aromatic carbocycles. The van der Waals surface area contributed by atoms with Crippen molar-refractivity contribution in [2.24, 2.45) is 5.92 Å². The maximum atomic E-state index is 12.1. The molecule has 1 aromatic rings. The van der Waals surface area contributed by atoms with E-state index in [9.17, 15) is 18.0 Å². The molecule has 2 rings (SSSR count). The summed E-state index contributed by atoms with van der Waals surface area (Å²) in [5.41, 5.74) is 1.81. The van der Waals surface area contributed by atoms with Crippen LogP contribution in [0.5, 0.6) is 0 Å². The first-order valence-corrected chi connectivity index (χ1v) is 10.3. The third kappa shape index (κ3) is 5.85. The molecule has 6 nitrogen and oxygen atoms in total. The highest BCUT2D eigenvalue weighted by atomic mass is 32.2. The second kappa shape index (κ2) is 7.99. The minimum atomic E-state index is -3.02. The highest BCUT2D eigenvalue weighted by molar-refractivity contribution is 7.91. The molecular weight excluding hydrogens is 342 g/mol. The molecule has 1 aliphatic heterocycles.